The summed E-state index contributed by atoms with van der Waals surface area (Å²) in [5.74, 6) is -1.16. The third kappa shape index (κ3) is 2.21. The van der Waals surface area contributed by atoms with Crippen LogP contribution in [0.25, 0.3) is 0 Å². The second kappa shape index (κ2) is 4.72. The predicted octanol–water partition coefficient (Wildman–Crippen LogP) is 2.82. The highest BCUT2D eigenvalue weighted by molar-refractivity contribution is 9.11. The van der Waals surface area contributed by atoms with E-state index >= 15 is 0 Å². The molecular weight excluding hydrogens is 380 g/mol. The molecule has 1 saturated heterocycles. The van der Waals surface area contributed by atoms with Gasteiger partial charge in [-0.2, -0.15) is 0 Å². The Morgan fingerprint density at radius 1 is 1.11 bits per heavy atom. The molecule has 0 bridgehead atoms. The molecule has 7 heteroatoms. The van der Waals surface area contributed by atoms with Crippen molar-refractivity contribution in [1.82, 2.24) is 5.32 Å². The van der Waals surface area contributed by atoms with Crippen LogP contribution in [0.5, 0.6) is 0 Å². The van der Waals surface area contributed by atoms with Gasteiger partial charge >= 0.3 is 6.03 Å². The minimum absolute atomic E-state index is 0.380. The van der Waals surface area contributed by atoms with Crippen LogP contribution in [-0.4, -0.2) is 17.8 Å². The van der Waals surface area contributed by atoms with Gasteiger partial charge in [-0.25, -0.2) is 9.69 Å². The molecule has 1 aromatic carbocycles. The van der Waals surface area contributed by atoms with Crippen molar-refractivity contribution in [3.8, 4) is 0 Å². The number of nitrogens with zero attached hydrogens (tertiary/aromatic N) is 1. The molecule has 1 fully saturated rings. The molecule has 0 radical (unpaired) electrons. The number of halogens is 2. The highest BCUT2D eigenvalue weighted by Gasteiger charge is 2.48. The summed E-state index contributed by atoms with van der Waals surface area (Å²) in [6.07, 6.45) is 0. The molecule has 0 saturated carbocycles. The average molecular weight is 390 g/mol. The van der Waals surface area contributed by atoms with Gasteiger partial charge in [0.15, 0.2) is 0 Å². The van der Waals surface area contributed by atoms with E-state index in [0.29, 0.717) is 14.6 Å². The summed E-state index contributed by atoms with van der Waals surface area (Å²) in [7, 11) is 0. The van der Waals surface area contributed by atoms with Crippen molar-refractivity contribution in [3.63, 3.8) is 0 Å². The Bertz CT molecular complexity index is 578. The highest BCUT2D eigenvalue weighted by Crippen LogP contribution is 2.37. The normalized spacial score (nSPS) is 18.5. The van der Waals surface area contributed by atoms with Gasteiger partial charge in [0, 0.05) is 8.95 Å². The van der Waals surface area contributed by atoms with Gasteiger partial charge in [0.1, 0.15) is 5.41 Å². The zero-order valence-corrected chi connectivity index (χ0v) is 13.3. The summed E-state index contributed by atoms with van der Waals surface area (Å²) in [6.45, 7) is 2.96. The number of nitrogens with one attached hydrogen (secondary N) is 1. The zero-order chi connectivity index (χ0) is 14.4. The maximum absolute atomic E-state index is 12.4. The first-order valence-electron chi connectivity index (χ1n) is 5.41. The van der Waals surface area contributed by atoms with E-state index in [-0.39, 0.29) is 0 Å². The molecule has 1 aliphatic rings. The predicted molar refractivity (Wildman–Crippen MR) is 76.6 cm³/mol. The molecule has 100 valence electrons. The average Bonchev–Trinajstić information content (AvgIpc) is 2.31. The molecule has 0 unspecified atom stereocenters. The van der Waals surface area contributed by atoms with Crippen LogP contribution in [0.15, 0.2) is 27.1 Å². The lowest BCUT2D eigenvalue weighted by molar-refractivity contribution is -0.140. The fraction of sp³-hybridized carbons (Fsp3) is 0.250. The molecule has 0 aliphatic carbocycles. The number of carbonyl (C=O) groups excluding carboxylic acids is 3. The van der Waals surface area contributed by atoms with Crippen molar-refractivity contribution in [1.29, 1.82) is 0 Å². The van der Waals surface area contributed by atoms with E-state index in [0.717, 1.165) is 4.90 Å². The van der Waals surface area contributed by atoms with Crippen LogP contribution in [0.4, 0.5) is 10.5 Å². The first kappa shape index (κ1) is 14.2. The monoisotopic (exact) mass is 388 g/mol. The van der Waals surface area contributed by atoms with Crippen LogP contribution >= 0.6 is 31.9 Å². The number of hydrogen-bond donors (Lipinski definition) is 1. The number of imide groups is 2. The molecule has 2 rings (SSSR count). The molecule has 1 aromatic rings. The first-order valence-corrected chi connectivity index (χ1v) is 6.99. The van der Waals surface area contributed by atoms with Gasteiger partial charge in [0.2, 0.25) is 11.8 Å². The minimum Gasteiger partial charge on any atom is -0.276 e. The molecule has 5 nitrogen and oxygen atoms in total. The van der Waals surface area contributed by atoms with Crippen molar-refractivity contribution < 1.29 is 14.4 Å². The minimum atomic E-state index is -1.29. The number of para-hydroxylation sites is 1. The number of carbonyl (C=O) groups is 3. The molecular formula is C12H10Br2N2O3. The van der Waals surface area contributed by atoms with Crippen LogP contribution in [0.3, 0.4) is 0 Å². The summed E-state index contributed by atoms with van der Waals surface area (Å²) in [6, 6.07) is 4.44. The first-order chi connectivity index (χ1) is 8.76. The smallest absolute Gasteiger partial charge is 0.276 e. The van der Waals surface area contributed by atoms with Crippen molar-refractivity contribution in [2.75, 3.05) is 4.90 Å². The number of anilines is 1. The number of urea groups is 1. The van der Waals surface area contributed by atoms with E-state index in [1.165, 1.54) is 13.8 Å². The Morgan fingerprint density at radius 2 is 1.63 bits per heavy atom. The van der Waals surface area contributed by atoms with Gasteiger partial charge in [0.05, 0.1) is 5.69 Å². The Balaban J connectivity index is 2.58. The van der Waals surface area contributed by atoms with E-state index < -0.39 is 23.3 Å². The second-order valence-electron chi connectivity index (χ2n) is 4.60. The molecule has 0 aromatic heterocycles. The third-order valence-electron chi connectivity index (χ3n) is 2.89. The number of hydrogen-bond acceptors (Lipinski definition) is 3. The lowest BCUT2D eigenvalue weighted by atomic mass is 9.88. The topological polar surface area (TPSA) is 66.5 Å². The largest absolute Gasteiger partial charge is 0.335 e. The molecule has 0 spiro atoms. The Morgan fingerprint density at radius 3 is 2.16 bits per heavy atom. The molecule has 19 heavy (non-hydrogen) atoms. The summed E-state index contributed by atoms with van der Waals surface area (Å²) >= 11 is 6.60. The van der Waals surface area contributed by atoms with E-state index in [9.17, 15) is 14.4 Å². The number of benzene rings is 1. The quantitative estimate of drug-likeness (QED) is 0.751. The second-order valence-corrected chi connectivity index (χ2v) is 6.30. The summed E-state index contributed by atoms with van der Waals surface area (Å²) in [5, 5.41) is 2.19. The number of amides is 4. The Kier molecular flexibility index (Phi) is 3.53. The van der Waals surface area contributed by atoms with Gasteiger partial charge in [-0.3, -0.25) is 14.9 Å². The third-order valence-corrected chi connectivity index (χ3v) is 4.17. The van der Waals surface area contributed by atoms with Gasteiger partial charge in [0.25, 0.3) is 0 Å². The van der Waals surface area contributed by atoms with E-state index in [4.69, 9.17) is 0 Å². The van der Waals surface area contributed by atoms with Crippen molar-refractivity contribution >= 4 is 55.4 Å². The Hall–Kier alpha value is -1.21. The Labute approximate surface area is 126 Å². The van der Waals surface area contributed by atoms with Gasteiger partial charge in [-0.05, 0) is 57.8 Å². The maximum Gasteiger partial charge on any atom is 0.335 e. The molecule has 0 atom stereocenters. The standard InChI is InChI=1S/C12H10Br2N2O3/c1-12(2)9(17)15-11(19)16(10(12)18)8-6(13)4-3-5-7(8)14/h3-5H,1-2H3,(H,15,17,19). The lowest BCUT2D eigenvalue weighted by Crippen LogP contribution is -2.62. The van der Waals surface area contributed by atoms with Crippen LogP contribution in [0.2, 0.25) is 0 Å². The molecule has 1 aliphatic heterocycles. The van der Waals surface area contributed by atoms with Gasteiger partial charge in [-0.1, -0.05) is 6.07 Å². The molecule has 1 heterocycles. The SMILES string of the molecule is CC1(C)C(=O)NC(=O)N(c2c(Br)cccc2Br)C1=O. The summed E-state index contributed by atoms with van der Waals surface area (Å²) in [4.78, 5) is 37.0. The van der Waals surface area contributed by atoms with Crippen LogP contribution < -0.4 is 10.2 Å². The van der Waals surface area contributed by atoms with Crippen LogP contribution in [0.1, 0.15) is 13.8 Å². The molecule has 4 amide bonds. The number of rotatable bonds is 1. The van der Waals surface area contributed by atoms with E-state index in [1.807, 2.05) is 0 Å². The lowest BCUT2D eigenvalue weighted by Gasteiger charge is -2.35. The van der Waals surface area contributed by atoms with Crippen LogP contribution in [0, 0.1) is 5.41 Å². The fourth-order valence-corrected chi connectivity index (χ4v) is 3.04. The van der Waals surface area contributed by atoms with E-state index in [2.05, 4.69) is 37.2 Å². The van der Waals surface area contributed by atoms with Crippen molar-refractivity contribution in [2.24, 2.45) is 5.41 Å². The fourth-order valence-electron chi connectivity index (χ4n) is 1.68. The van der Waals surface area contributed by atoms with Crippen LogP contribution in [-0.2, 0) is 9.59 Å². The summed E-state index contributed by atoms with van der Waals surface area (Å²) in [5.41, 5.74) is -0.909. The highest BCUT2D eigenvalue weighted by atomic mass is 79.9. The molecule has 1 N–H and O–H groups in total. The zero-order valence-electron chi connectivity index (χ0n) is 10.2. The van der Waals surface area contributed by atoms with E-state index in [1.54, 1.807) is 18.2 Å². The number of barbiturate groups is 1. The van der Waals surface area contributed by atoms with Crippen molar-refractivity contribution in [3.05, 3.63) is 27.1 Å². The van der Waals surface area contributed by atoms with Gasteiger partial charge in [-0.15, -0.1) is 0 Å². The van der Waals surface area contributed by atoms with Gasteiger partial charge < -0.3 is 0 Å². The van der Waals surface area contributed by atoms with Crippen molar-refractivity contribution in [2.45, 2.75) is 13.8 Å². The summed E-state index contributed by atoms with van der Waals surface area (Å²) < 4.78 is 1.16. The maximum atomic E-state index is 12.4.